The first-order valence-electron chi connectivity index (χ1n) is 14.1. The van der Waals surface area contributed by atoms with Crippen LogP contribution in [0.2, 0.25) is 0 Å². The third-order valence-electron chi connectivity index (χ3n) is 8.61. The van der Waals surface area contributed by atoms with Gasteiger partial charge in [0, 0.05) is 28.0 Å². The summed E-state index contributed by atoms with van der Waals surface area (Å²) in [5, 5.41) is 11.4. The first-order chi connectivity index (χ1) is 20.3. The number of rotatable bonds is 2. The molecule has 0 atom stereocenters. The standard InChI is InChI=1S/C39H24N2/c1-2-11-31-29(9-1)30-10-3-4-12-32(30)35-24-27(17-21-33(31)35)25-15-19-28(20-16-25)41-36-14-6-5-13-34(36)38-37(41)22-18-26-8-7-23-40-39(26)38/h1-24H. The molecule has 0 saturated heterocycles. The number of hydrogen-bond donors (Lipinski definition) is 0. The Balaban J connectivity index is 1.23. The van der Waals surface area contributed by atoms with Crippen molar-refractivity contribution in [2.24, 2.45) is 0 Å². The SMILES string of the molecule is c1cnc2c(c1)ccc1c2c2ccccc2n1-c1ccc(-c2ccc3c4ccccc4c4ccccc4c3c2)cc1. The van der Waals surface area contributed by atoms with Crippen LogP contribution in [0.5, 0.6) is 0 Å². The zero-order chi connectivity index (χ0) is 26.9. The molecule has 0 fully saturated rings. The van der Waals surface area contributed by atoms with Crippen molar-refractivity contribution in [1.82, 2.24) is 9.55 Å². The molecule has 0 aliphatic rings. The van der Waals surface area contributed by atoms with Gasteiger partial charge in [-0.05, 0) is 79.8 Å². The first kappa shape index (κ1) is 22.4. The topological polar surface area (TPSA) is 17.8 Å². The van der Waals surface area contributed by atoms with Crippen molar-refractivity contribution >= 4 is 65.0 Å². The minimum atomic E-state index is 1.05. The summed E-state index contributed by atoms with van der Waals surface area (Å²) in [4.78, 5) is 4.77. The monoisotopic (exact) mass is 520 g/mol. The van der Waals surface area contributed by atoms with E-state index in [1.165, 1.54) is 65.3 Å². The van der Waals surface area contributed by atoms with Crippen LogP contribution in [-0.2, 0) is 0 Å². The molecule has 0 aliphatic heterocycles. The average molecular weight is 521 g/mol. The van der Waals surface area contributed by atoms with Crippen LogP contribution in [0.3, 0.4) is 0 Å². The highest BCUT2D eigenvalue weighted by Crippen LogP contribution is 2.38. The minimum absolute atomic E-state index is 1.05. The van der Waals surface area contributed by atoms with E-state index in [1.54, 1.807) is 0 Å². The Morgan fingerprint density at radius 1 is 0.415 bits per heavy atom. The van der Waals surface area contributed by atoms with Gasteiger partial charge in [0.05, 0.1) is 16.6 Å². The number of hydrogen-bond acceptors (Lipinski definition) is 1. The molecule has 2 heterocycles. The number of para-hydroxylation sites is 1. The number of fused-ring (bicyclic) bond motifs is 11. The molecule has 190 valence electrons. The molecule has 7 aromatic carbocycles. The van der Waals surface area contributed by atoms with Gasteiger partial charge in [-0.25, -0.2) is 0 Å². The van der Waals surface area contributed by atoms with E-state index < -0.39 is 0 Å². The molecular weight excluding hydrogens is 496 g/mol. The molecule has 0 amide bonds. The van der Waals surface area contributed by atoms with E-state index in [-0.39, 0.29) is 0 Å². The second-order valence-corrected chi connectivity index (χ2v) is 10.8. The number of pyridine rings is 1. The van der Waals surface area contributed by atoms with Crippen LogP contribution in [0, 0.1) is 0 Å². The maximum Gasteiger partial charge on any atom is 0.0802 e. The molecule has 0 spiro atoms. The van der Waals surface area contributed by atoms with E-state index in [2.05, 4.69) is 138 Å². The summed E-state index contributed by atoms with van der Waals surface area (Å²) < 4.78 is 2.36. The van der Waals surface area contributed by atoms with Crippen LogP contribution < -0.4 is 0 Å². The largest absolute Gasteiger partial charge is 0.309 e. The molecule has 0 unspecified atom stereocenters. The number of nitrogens with zero attached hydrogens (tertiary/aromatic N) is 2. The van der Waals surface area contributed by atoms with E-state index in [4.69, 9.17) is 4.98 Å². The zero-order valence-corrected chi connectivity index (χ0v) is 22.3. The Labute approximate surface area is 236 Å². The molecule has 0 radical (unpaired) electrons. The van der Waals surface area contributed by atoms with Crippen molar-refractivity contribution in [3.63, 3.8) is 0 Å². The molecule has 9 aromatic rings. The van der Waals surface area contributed by atoms with Crippen molar-refractivity contribution < 1.29 is 0 Å². The van der Waals surface area contributed by atoms with Gasteiger partial charge in [0.25, 0.3) is 0 Å². The molecule has 0 saturated carbocycles. The van der Waals surface area contributed by atoms with Gasteiger partial charge in [-0.1, -0.05) is 103 Å². The maximum absolute atomic E-state index is 4.77. The summed E-state index contributed by atoms with van der Waals surface area (Å²) in [5.74, 6) is 0. The first-order valence-corrected chi connectivity index (χ1v) is 14.1. The van der Waals surface area contributed by atoms with Crippen LogP contribution in [0.25, 0.3) is 81.8 Å². The van der Waals surface area contributed by atoms with Gasteiger partial charge in [-0.15, -0.1) is 0 Å². The number of benzene rings is 7. The number of aromatic nitrogens is 2. The highest BCUT2D eigenvalue weighted by molar-refractivity contribution is 6.25. The lowest BCUT2D eigenvalue weighted by atomic mass is 9.92. The minimum Gasteiger partial charge on any atom is -0.309 e. The Morgan fingerprint density at radius 2 is 1.02 bits per heavy atom. The van der Waals surface area contributed by atoms with Gasteiger partial charge in [-0.3, -0.25) is 4.98 Å². The molecule has 2 nitrogen and oxygen atoms in total. The molecule has 0 N–H and O–H groups in total. The molecular formula is C39H24N2. The fraction of sp³-hybridized carbons (Fsp3) is 0. The Morgan fingerprint density at radius 3 is 1.76 bits per heavy atom. The van der Waals surface area contributed by atoms with Crippen molar-refractivity contribution in [1.29, 1.82) is 0 Å². The van der Waals surface area contributed by atoms with Gasteiger partial charge >= 0.3 is 0 Å². The lowest BCUT2D eigenvalue weighted by molar-refractivity contribution is 1.18. The van der Waals surface area contributed by atoms with E-state index in [1.807, 2.05) is 12.3 Å². The van der Waals surface area contributed by atoms with Crippen LogP contribution >= 0.6 is 0 Å². The smallest absolute Gasteiger partial charge is 0.0802 e. The second kappa shape index (κ2) is 8.51. The van der Waals surface area contributed by atoms with Crippen LogP contribution in [-0.4, -0.2) is 9.55 Å². The summed E-state index contributed by atoms with van der Waals surface area (Å²) in [6, 6.07) is 50.6. The van der Waals surface area contributed by atoms with Crippen LogP contribution in [0.4, 0.5) is 0 Å². The normalized spacial score (nSPS) is 11.9. The third kappa shape index (κ3) is 3.22. The van der Waals surface area contributed by atoms with Crippen molar-refractivity contribution in [3.8, 4) is 16.8 Å². The molecule has 2 heteroatoms. The lowest BCUT2D eigenvalue weighted by Gasteiger charge is -2.13. The molecule has 41 heavy (non-hydrogen) atoms. The molecule has 0 bridgehead atoms. The second-order valence-electron chi connectivity index (χ2n) is 10.8. The van der Waals surface area contributed by atoms with Crippen molar-refractivity contribution in [2.75, 3.05) is 0 Å². The highest BCUT2D eigenvalue weighted by Gasteiger charge is 2.15. The summed E-state index contributed by atoms with van der Waals surface area (Å²) in [6.45, 7) is 0. The van der Waals surface area contributed by atoms with Gasteiger partial charge in [0.15, 0.2) is 0 Å². The summed E-state index contributed by atoms with van der Waals surface area (Å²) in [5.41, 5.74) is 6.99. The molecule has 9 rings (SSSR count). The van der Waals surface area contributed by atoms with E-state index in [9.17, 15) is 0 Å². The van der Waals surface area contributed by atoms with Gasteiger partial charge in [-0.2, -0.15) is 0 Å². The Bertz CT molecular complexity index is 2430. The summed E-state index contributed by atoms with van der Waals surface area (Å²) in [7, 11) is 0. The van der Waals surface area contributed by atoms with Gasteiger partial charge < -0.3 is 4.57 Å². The fourth-order valence-electron chi connectivity index (χ4n) is 6.76. The highest BCUT2D eigenvalue weighted by atomic mass is 15.0. The quantitative estimate of drug-likeness (QED) is 0.207. The van der Waals surface area contributed by atoms with E-state index in [0.29, 0.717) is 0 Å². The Kier molecular flexibility index (Phi) is 4.64. The van der Waals surface area contributed by atoms with E-state index >= 15 is 0 Å². The van der Waals surface area contributed by atoms with Crippen LogP contribution in [0.1, 0.15) is 0 Å². The van der Waals surface area contributed by atoms with Crippen LogP contribution in [0.15, 0.2) is 146 Å². The fourth-order valence-corrected chi connectivity index (χ4v) is 6.76. The maximum atomic E-state index is 4.77. The third-order valence-corrected chi connectivity index (χ3v) is 8.61. The predicted octanol–water partition coefficient (Wildman–Crippen LogP) is 10.5. The van der Waals surface area contributed by atoms with Gasteiger partial charge in [0.1, 0.15) is 0 Å². The van der Waals surface area contributed by atoms with Crippen molar-refractivity contribution in [3.05, 3.63) is 146 Å². The Hall–Kier alpha value is -5.47. The van der Waals surface area contributed by atoms with Crippen molar-refractivity contribution in [2.45, 2.75) is 0 Å². The van der Waals surface area contributed by atoms with E-state index in [0.717, 1.165) is 16.6 Å². The molecule has 0 aliphatic carbocycles. The zero-order valence-electron chi connectivity index (χ0n) is 22.3. The molecule has 2 aromatic heterocycles. The summed E-state index contributed by atoms with van der Waals surface area (Å²) >= 11 is 0. The average Bonchev–Trinajstić information content (AvgIpc) is 3.40. The van der Waals surface area contributed by atoms with Gasteiger partial charge in [0.2, 0.25) is 0 Å². The predicted molar refractivity (Wildman–Crippen MR) is 174 cm³/mol. The lowest BCUT2D eigenvalue weighted by Crippen LogP contribution is -1.94. The summed E-state index contributed by atoms with van der Waals surface area (Å²) in [6.07, 6.45) is 1.89.